The second-order valence-corrected chi connectivity index (χ2v) is 7.31. The summed E-state index contributed by atoms with van der Waals surface area (Å²) in [6.45, 7) is 2.73. The molecular weight excluding hydrogens is 268 g/mol. The van der Waals surface area contributed by atoms with E-state index in [-0.39, 0.29) is 24.3 Å². The number of rotatable bonds is 4. The lowest BCUT2D eigenvalue weighted by atomic mass is 9.76. The highest BCUT2D eigenvalue weighted by Crippen LogP contribution is 2.35. The van der Waals surface area contributed by atoms with Crippen LogP contribution in [0.5, 0.6) is 0 Å². The van der Waals surface area contributed by atoms with E-state index in [1.165, 1.54) is 0 Å². The predicted octanol–water partition coefficient (Wildman–Crippen LogP) is 1.05. The molecule has 2 N–H and O–H groups in total. The number of carbonyl (C=O) groups excluding carboxylic acids is 2. The van der Waals surface area contributed by atoms with Crippen LogP contribution in [0.4, 0.5) is 0 Å². The summed E-state index contributed by atoms with van der Waals surface area (Å²) in [6, 6.07) is 0.386. The Labute approximate surface area is 126 Å². The van der Waals surface area contributed by atoms with E-state index in [0.29, 0.717) is 24.9 Å². The van der Waals surface area contributed by atoms with Crippen LogP contribution >= 0.6 is 0 Å². The average molecular weight is 294 g/mol. The van der Waals surface area contributed by atoms with Gasteiger partial charge < -0.3 is 15.3 Å². The van der Waals surface area contributed by atoms with E-state index in [1.807, 2.05) is 4.90 Å². The van der Waals surface area contributed by atoms with Crippen molar-refractivity contribution in [3.8, 4) is 0 Å². The molecule has 118 valence electrons. The Morgan fingerprint density at radius 3 is 2.81 bits per heavy atom. The summed E-state index contributed by atoms with van der Waals surface area (Å²) in [6.07, 6.45) is 6.37. The molecule has 1 aliphatic heterocycles. The van der Waals surface area contributed by atoms with E-state index in [2.05, 4.69) is 12.2 Å². The van der Waals surface area contributed by atoms with Crippen molar-refractivity contribution in [3.63, 3.8) is 0 Å². The monoisotopic (exact) mass is 294 g/mol. The fourth-order valence-electron chi connectivity index (χ4n) is 3.97. The summed E-state index contributed by atoms with van der Waals surface area (Å²) >= 11 is 0. The lowest BCUT2D eigenvalue weighted by Gasteiger charge is -2.40. The molecular formula is C16H26N2O3. The first kappa shape index (κ1) is 14.8. The van der Waals surface area contributed by atoms with Crippen molar-refractivity contribution >= 4 is 11.8 Å². The molecule has 0 radical (unpaired) electrons. The Hall–Kier alpha value is -1.10. The number of aliphatic hydroxyl groups excluding tert-OH is 1. The Kier molecular flexibility index (Phi) is 3.95. The molecule has 0 bridgehead atoms. The van der Waals surface area contributed by atoms with Gasteiger partial charge in [0.25, 0.3) is 0 Å². The Morgan fingerprint density at radius 2 is 2.19 bits per heavy atom. The first-order valence-corrected chi connectivity index (χ1v) is 8.25. The van der Waals surface area contributed by atoms with Crippen LogP contribution < -0.4 is 5.32 Å². The van der Waals surface area contributed by atoms with Gasteiger partial charge in [-0.05, 0) is 31.6 Å². The van der Waals surface area contributed by atoms with Crippen LogP contribution in [0.3, 0.4) is 0 Å². The highest BCUT2D eigenvalue weighted by Gasteiger charge is 2.44. The quantitative estimate of drug-likeness (QED) is 0.814. The normalized spacial score (nSPS) is 36.9. The van der Waals surface area contributed by atoms with Crippen molar-refractivity contribution in [3.05, 3.63) is 0 Å². The van der Waals surface area contributed by atoms with Crippen LogP contribution in [0.25, 0.3) is 0 Å². The highest BCUT2D eigenvalue weighted by atomic mass is 16.3. The molecule has 2 saturated carbocycles. The smallest absolute Gasteiger partial charge is 0.225 e. The number of nitrogens with zero attached hydrogens (tertiary/aromatic N) is 1. The number of carbonyl (C=O) groups is 2. The number of likely N-dealkylation sites (tertiary alicyclic amines) is 1. The summed E-state index contributed by atoms with van der Waals surface area (Å²) in [5.74, 6) is 0.362. The van der Waals surface area contributed by atoms with Crippen LogP contribution in [0, 0.1) is 11.8 Å². The molecule has 0 aromatic rings. The van der Waals surface area contributed by atoms with Crippen LogP contribution in [-0.2, 0) is 9.59 Å². The number of hydrogen-bond donors (Lipinski definition) is 2. The molecule has 2 aliphatic carbocycles. The summed E-state index contributed by atoms with van der Waals surface area (Å²) in [5.41, 5.74) is -0.467. The van der Waals surface area contributed by atoms with E-state index in [0.717, 1.165) is 38.5 Å². The molecule has 2 amide bonds. The fourth-order valence-corrected chi connectivity index (χ4v) is 3.97. The van der Waals surface area contributed by atoms with E-state index >= 15 is 0 Å². The largest absolute Gasteiger partial charge is 0.394 e. The molecule has 3 rings (SSSR count). The molecule has 1 heterocycles. The van der Waals surface area contributed by atoms with Gasteiger partial charge in [-0.2, -0.15) is 0 Å². The molecule has 3 fully saturated rings. The van der Waals surface area contributed by atoms with Crippen molar-refractivity contribution in [2.24, 2.45) is 11.8 Å². The van der Waals surface area contributed by atoms with E-state index < -0.39 is 5.54 Å². The second kappa shape index (κ2) is 5.59. The first-order valence-electron chi connectivity index (χ1n) is 8.25. The predicted molar refractivity (Wildman–Crippen MR) is 78.4 cm³/mol. The average Bonchev–Trinajstić information content (AvgIpc) is 3.21. The summed E-state index contributed by atoms with van der Waals surface area (Å²) in [4.78, 5) is 26.4. The molecule has 0 spiro atoms. The van der Waals surface area contributed by atoms with Gasteiger partial charge >= 0.3 is 0 Å². The van der Waals surface area contributed by atoms with Gasteiger partial charge in [-0.3, -0.25) is 9.59 Å². The highest BCUT2D eigenvalue weighted by molar-refractivity contribution is 5.89. The van der Waals surface area contributed by atoms with Crippen molar-refractivity contribution in [1.82, 2.24) is 10.2 Å². The second-order valence-electron chi connectivity index (χ2n) is 7.31. The Morgan fingerprint density at radius 1 is 1.43 bits per heavy atom. The molecule has 3 unspecified atom stereocenters. The standard InChI is InChI=1S/C16H26N2O3/c1-11-3-2-6-16(8-11,10-19)17-15(21)12-7-14(20)18(9-12)13-4-5-13/h11-13,19H,2-10H2,1H3,(H,17,21). The van der Waals surface area contributed by atoms with Gasteiger partial charge in [-0.15, -0.1) is 0 Å². The Balaban J connectivity index is 1.61. The topological polar surface area (TPSA) is 69.6 Å². The number of aliphatic hydroxyl groups is 1. The molecule has 21 heavy (non-hydrogen) atoms. The minimum atomic E-state index is -0.467. The lowest BCUT2D eigenvalue weighted by molar-refractivity contribution is -0.130. The van der Waals surface area contributed by atoms with Crippen molar-refractivity contribution < 1.29 is 14.7 Å². The van der Waals surface area contributed by atoms with E-state index in [1.54, 1.807) is 0 Å². The zero-order chi connectivity index (χ0) is 15.0. The van der Waals surface area contributed by atoms with Crippen molar-refractivity contribution in [1.29, 1.82) is 0 Å². The summed E-state index contributed by atoms with van der Waals surface area (Å²) in [7, 11) is 0. The van der Waals surface area contributed by atoms with Crippen LogP contribution in [0.2, 0.25) is 0 Å². The van der Waals surface area contributed by atoms with Gasteiger partial charge in [0.05, 0.1) is 18.1 Å². The zero-order valence-electron chi connectivity index (χ0n) is 12.8. The van der Waals surface area contributed by atoms with E-state index in [9.17, 15) is 14.7 Å². The minimum Gasteiger partial charge on any atom is -0.394 e. The summed E-state index contributed by atoms with van der Waals surface area (Å²) < 4.78 is 0. The lowest BCUT2D eigenvalue weighted by Crippen LogP contribution is -2.55. The van der Waals surface area contributed by atoms with Gasteiger partial charge in [0.15, 0.2) is 0 Å². The maximum Gasteiger partial charge on any atom is 0.225 e. The van der Waals surface area contributed by atoms with Crippen LogP contribution in [0.15, 0.2) is 0 Å². The molecule has 5 heteroatoms. The molecule has 5 nitrogen and oxygen atoms in total. The maximum absolute atomic E-state index is 12.5. The molecule has 1 saturated heterocycles. The Bertz CT molecular complexity index is 435. The van der Waals surface area contributed by atoms with Crippen LogP contribution in [-0.4, -0.2) is 46.6 Å². The molecule has 3 atom stereocenters. The number of hydrogen-bond acceptors (Lipinski definition) is 3. The third kappa shape index (κ3) is 3.07. The zero-order valence-corrected chi connectivity index (χ0v) is 12.8. The SMILES string of the molecule is CC1CCCC(CO)(NC(=O)C2CC(=O)N(C3CC3)C2)C1. The maximum atomic E-state index is 12.5. The number of nitrogens with one attached hydrogen (secondary N) is 1. The molecule has 3 aliphatic rings. The molecule has 0 aromatic carbocycles. The fraction of sp³-hybridized carbons (Fsp3) is 0.875. The molecule has 0 aromatic heterocycles. The number of amides is 2. The van der Waals surface area contributed by atoms with Gasteiger partial charge in [-0.1, -0.05) is 19.8 Å². The van der Waals surface area contributed by atoms with Gasteiger partial charge in [0.1, 0.15) is 0 Å². The van der Waals surface area contributed by atoms with Crippen molar-refractivity contribution in [2.75, 3.05) is 13.2 Å². The van der Waals surface area contributed by atoms with Gasteiger partial charge in [0, 0.05) is 19.0 Å². The van der Waals surface area contributed by atoms with Crippen molar-refractivity contribution in [2.45, 2.75) is 63.5 Å². The van der Waals surface area contributed by atoms with E-state index in [4.69, 9.17) is 0 Å². The summed E-state index contributed by atoms with van der Waals surface area (Å²) in [5, 5.41) is 12.8. The third-order valence-electron chi connectivity index (χ3n) is 5.30. The first-order chi connectivity index (χ1) is 10.0. The minimum absolute atomic E-state index is 0.00388. The third-order valence-corrected chi connectivity index (χ3v) is 5.30. The van der Waals surface area contributed by atoms with Gasteiger partial charge in [-0.25, -0.2) is 0 Å². The van der Waals surface area contributed by atoms with Crippen LogP contribution in [0.1, 0.15) is 51.9 Å². The van der Waals surface area contributed by atoms with Gasteiger partial charge in [0.2, 0.25) is 11.8 Å².